The van der Waals surface area contributed by atoms with E-state index in [0.717, 1.165) is 5.82 Å². The molecule has 6 nitrogen and oxygen atoms in total. The molecule has 0 aromatic carbocycles. The van der Waals surface area contributed by atoms with Crippen molar-refractivity contribution in [1.82, 2.24) is 20.5 Å². The molecule has 2 N–H and O–H groups in total. The summed E-state index contributed by atoms with van der Waals surface area (Å²) in [5.41, 5.74) is -0.901. The lowest BCUT2D eigenvalue weighted by Gasteiger charge is -2.21. The lowest BCUT2D eigenvalue weighted by Crippen LogP contribution is -2.40. The quantitative estimate of drug-likeness (QED) is 0.762. The van der Waals surface area contributed by atoms with Crippen molar-refractivity contribution in [3.8, 4) is 6.07 Å². The van der Waals surface area contributed by atoms with E-state index in [1.165, 1.54) is 6.33 Å². The molecule has 0 bridgehead atoms. The lowest BCUT2D eigenvalue weighted by atomic mass is 9.83. The number of nitriles is 1. The van der Waals surface area contributed by atoms with E-state index in [9.17, 15) is 4.79 Å². The number of aromatic nitrogens is 3. The molecule has 0 aliphatic heterocycles. The van der Waals surface area contributed by atoms with Gasteiger partial charge in [0.2, 0.25) is 5.91 Å². The third-order valence-electron chi connectivity index (χ3n) is 2.97. The first-order valence-corrected chi connectivity index (χ1v) is 5.72. The largest absolute Gasteiger partial charge is 0.354 e. The van der Waals surface area contributed by atoms with Gasteiger partial charge in [-0.25, -0.2) is 4.98 Å². The monoisotopic (exact) mass is 235 g/mol. The van der Waals surface area contributed by atoms with Crippen molar-refractivity contribution in [2.45, 2.75) is 33.1 Å². The van der Waals surface area contributed by atoms with E-state index in [-0.39, 0.29) is 5.91 Å². The second-order valence-electron chi connectivity index (χ2n) is 3.84. The Hall–Kier alpha value is -1.90. The number of carbonyl (C=O) groups is 1. The van der Waals surface area contributed by atoms with Gasteiger partial charge in [0.05, 0.1) is 6.07 Å². The molecule has 17 heavy (non-hydrogen) atoms. The zero-order valence-electron chi connectivity index (χ0n) is 10.2. The summed E-state index contributed by atoms with van der Waals surface area (Å²) in [6, 6.07) is 2.11. The number of H-pyrrole nitrogens is 1. The van der Waals surface area contributed by atoms with Crippen LogP contribution < -0.4 is 5.32 Å². The van der Waals surface area contributed by atoms with Gasteiger partial charge >= 0.3 is 0 Å². The van der Waals surface area contributed by atoms with Gasteiger partial charge in [-0.1, -0.05) is 13.8 Å². The molecule has 0 aliphatic carbocycles. The summed E-state index contributed by atoms with van der Waals surface area (Å²) in [5, 5.41) is 18.3. The van der Waals surface area contributed by atoms with Gasteiger partial charge in [-0.15, -0.1) is 0 Å². The van der Waals surface area contributed by atoms with Crippen LogP contribution in [-0.4, -0.2) is 27.6 Å². The molecule has 0 saturated heterocycles. The van der Waals surface area contributed by atoms with Gasteiger partial charge in [0.15, 0.2) is 0 Å². The smallest absolute Gasteiger partial charge is 0.240 e. The number of amides is 1. The molecule has 0 unspecified atom stereocenters. The Morgan fingerprint density at radius 1 is 1.59 bits per heavy atom. The number of rotatable bonds is 6. The molecule has 92 valence electrons. The maximum absolute atomic E-state index is 11.9. The van der Waals surface area contributed by atoms with Crippen LogP contribution in [0.5, 0.6) is 0 Å². The number of aromatic amines is 1. The van der Waals surface area contributed by atoms with Crippen LogP contribution in [0, 0.1) is 16.7 Å². The molecule has 1 amide bonds. The van der Waals surface area contributed by atoms with Crippen LogP contribution >= 0.6 is 0 Å². The number of hydrogen-bond acceptors (Lipinski definition) is 4. The van der Waals surface area contributed by atoms with Gasteiger partial charge in [-0.3, -0.25) is 9.89 Å². The predicted molar refractivity (Wildman–Crippen MR) is 61.7 cm³/mol. The summed E-state index contributed by atoms with van der Waals surface area (Å²) in [7, 11) is 0. The Kier molecular flexibility index (Phi) is 4.64. The maximum Gasteiger partial charge on any atom is 0.240 e. The van der Waals surface area contributed by atoms with Gasteiger partial charge in [-0.2, -0.15) is 10.4 Å². The highest BCUT2D eigenvalue weighted by atomic mass is 16.2. The van der Waals surface area contributed by atoms with Gasteiger partial charge in [0.25, 0.3) is 0 Å². The number of nitrogens with zero attached hydrogens (tertiary/aromatic N) is 3. The van der Waals surface area contributed by atoms with Crippen molar-refractivity contribution in [2.24, 2.45) is 5.41 Å². The predicted octanol–water partition coefficient (Wildman–Crippen LogP) is 0.793. The van der Waals surface area contributed by atoms with Crippen LogP contribution in [0.4, 0.5) is 0 Å². The standard InChI is InChI=1S/C11H17N5O/c1-3-11(4-2,7-12)10(17)13-6-5-9-14-8-15-16-9/h8H,3-6H2,1-2H3,(H,13,17)(H,14,15,16). The average molecular weight is 235 g/mol. The van der Waals surface area contributed by atoms with Gasteiger partial charge < -0.3 is 5.32 Å². The van der Waals surface area contributed by atoms with E-state index >= 15 is 0 Å². The first-order chi connectivity index (χ1) is 8.18. The zero-order chi connectivity index (χ0) is 12.7. The Morgan fingerprint density at radius 3 is 2.76 bits per heavy atom. The molecular formula is C11H17N5O. The van der Waals surface area contributed by atoms with E-state index in [1.54, 1.807) is 0 Å². The zero-order valence-corrected chi connectivity index (χ0v) is 10.2. The lowest BCUT2D eigenvalue weighted by molar-refractivity contribution is -0.128. The summed E-state index contributed by atoms with van der Waals surface area (Å²) in [6.45, 7) is 4.16. The van der Waals surface area contributed by atoms with Gasteiger partial charge in [0, 0.05) is 13.0 Å². The average Bonchev–Trinajstić information content (AvgIpc) is 2.85. The highest BCUT2D eigenvalue weighted by Gasteiger charge is 2.34. The third kappa shape index (κ3) is 3.03. The molecular weight excluding hydrogens is 218 g/mol. The summed E-state index contributed by atoms with van der Waals surface area (Å²) in [6.07, 6.45) is 3.05. The van der Waals surface area contributed by atoms with Crippen molar-refractivity contribution in [2.75, 3.05) is 6.54 Å². The first kappa shape index (κ1) is 13.2. The summed E-state index contributed by atoms with van der Waals surface area (Å²) in [4.78, 5) is 15.9. The normalized spacial score (nSPS) is 10.9. The van der Waals surface area contributed by atoms with Crippen LogP contribution in [0.3, 0.4) is 0 Å². The number of hydrogen-bond donors (Lipinski definition) is 2. The molecule has 0 radical (unpaired) electrons. The van der Waals surface area contributed by atoms with Crippen LogP contribution in [-0.2, 0) is 11.2 Å². The number of nitrogens with one attached hydrogen (secondary N) is 2. The molecule has 0 fully saturated rings. The molecule has 1 aromatic rings. The van der Waals surface area contributed by atoms with Crippen molar-refractivity contribution in [3.05, 3.63) is 12.2 Å². The van der Waals surface area contributed by atoms with Crippen LogP contribution in [0.25, 0.3) is 0 Å². The Balaban J connectivity index is 2.46. The third-order valence-corrected chi connectivity index (χ3v) is 2.97. The molecule has 0 saturated carbocycles. The van der Waals surface area contributed by atoms with Crippen molar-refractivity contribution >= 4 is 5.91 Å². The van der Waals surface area contributed by atoms with Gasteiger partial charge in [0.1, 0.15) is 17.6 Å². The second kappa shape index (κ2) is 5.99. The van der Waals surface area contributed by atoms with Crippen LogP contribution in [0.2, 0.25) is 0 Å². The SMILES string of the molecule is CCC(C#N)(CC)C(=O)NCCc1ncn[nH]1. The summed E-state index contributed by atoms with van der Waals surface area (Å²) < 4.78 is 0. The topological polar surface area (TPSA) is 94.5 Å². The van der Waals surface area contributed by atoms with E-state index in [1.807, 2.05) is 13.8 Å². The van der Waals surface area contributed by atoms with Crippen LogP contribution in [0.15, 0.2) is 6.33 Å². The molecule has 1 heterocycles. The minimum Gasteiger partial charge on any atom is -0.354 e. The first-order valence-electron chi connectivity index (χ1n) is 5.72. The second-order valence-corrected chi connectivity index (χ2v) is 3.84. The summed E-state index contributed by atoms with van der Waals surface area (Å²) >= 11 is 0. The molecule has 0 spiro atoms. The minimum atomic E-state index is -0.901. The van der Waals surface area contributed by atoms with Crippen molar-refractivity contribution in [1.29, 1.82) is 5.26 Å². The minimum absolute atomic E-state index is 0.204. The fourth-order valence-corrected chi connectivity index (χ4v) is 1.59. The molecule has 0 atom stereocenters. The Morgan fingerprint density at radius 2 is 2.29 bits per heavy atom. The van der Waals surface area contributed by atoms with E-state index < -0.39 is 5.41 Å². The maximum atomic E-state index is 11.9. The fourth-order valence-electron chi connectivity index (χ4n) is 1.59. The summed E-state index contributed by atoms with van der Waals surface area (Å²) in [5.74, 6) is 0.519. The highest BCUT2D eigenvalue weighted by molar-refractivity contribution is 5.85. The fraction of sp³-hybridized carbons (Fsp3) is 0.636. The van der Waals surface area contributed by atoms with E-state index in [0.29, 0.717) is 25.8 Å². The Labute approximate surface area is 100 Å². The molecule has 6 heteroatoms. The Bertz CT molecular complexity index is 388. The van der Waals surface area contributed by atoms with E-state index in [2.05, 4.69) is 26.6 Å². The van der Waals surface area contributed by atoms with Crippen molar-refractivity contribution < 1.29 is 4.79 Å². The molecule has 1 rings (SSSR count). The highest BCUT2D eigenvalue weighted by Crippen LogP contribution is 2.25. The van der Waals surface area contributed by atoms with Crippen LogP contribution in [0.1, 0.15) is 32.5 Å². The van der Waals surface area contributed by atoms with E-state index in [4.69, 9.17) is 5.26 Å². The number of carbonyl (C=O) groups excluding carboxylic acids is 1. The van der Waals surface area contributed by atoms with Crippen molar-refractivity contribution in [3.63, 3.8) is 0 Å². The molecule has 0 aliphatic rings. The van der Waals surface area contributed by atoms with Gasteiger partial charge in [-0.05, 0) is 12.8 Å². The molecule has 1 aromatic heterocycles.